The molecule has 2 aromatic rings. The highest BCUT2D eigenvalue weighted by Crippen LogP contribution is 2.22. The van der Waals surface area contributed by atoms with E-state index in [1.807, 2.05) is 0 Å². The molecule has 4 amide bonds. The Kier molecular flexibility index (Phi) is 6.33. The number of fused-ring (bicyclic) bond motifs is 1. The smallest absolute Gasteiger partial charge is 0.261 e. The second-order valence-corrected chi connectivity index (χ2v) is 7.79. The molecule has 0 fully saturated rings. The van der Waals surface area contributed by atoms with Gasteiger partial charge in [-0.15, -0.1) is 0 Å². The van der Waals surface area contributed by atoms with E-state index in [-0.39, 0.29) is 35.9 Å². The van der Waals surface area contributed by atoms with Gasteiger partial charge in [-0.05, 0) is 36.4 Å². The fourth-order valence-electron chi connectivity index (χ4n) is 2.91. The molecule has 0 radical (unpaired) electrons. The summed E-state index contributed by atoms with van der Waals surface area (Å²) in [7, 11) is 3.36. The molecule has 150 valence electrons. The van der Waals surface area contributed by atoms with Gasteiger partial charge in [-0.2, -0.15) is 11.8 Å². The van der Waals surface area contributed by atoms with Crippen molar-refractivity contribution >= 4 is 41.1 Å². The van der Waals surface area contributed by atoms with Gasteiger partial charge in [0, 0.05) is 37.6 Å². The molecular formula is C21H21N3O4S. The molecule has 0 unspecified atom stereocenters. The maximum absolute atomic E-state index is 12.3. The summed E-state index contributed by atoms with van der Waals surface area (Å²) in [6, 6.07) is 13.4. The summed E-state index contributed by atoms with van der Waals surface area (Å²) < 4.78 is 0. The number of hydrogen-bond donors (Lipinski definition) is 1. The van der Waals surface area contributed by atoms with Crippen LogP contribution in [0.5, 0.6) is 0 Å². The summed E-state index contributed by atoms with van der Waals surface area (Å²) in [6.45, 7) is 0.256. The molecule has 2 aromatic carbocycles. The third-order valence-corrected chi connectivity index (χ3v) is 5.33. The fraction of sp³-hybridized carbons (Fsp3) is 0.238. The Morgan fingerprint density at radius 3 is 2.10 bits per heavy atom. The van der Waals surface area contributed by atoms with Gasteiger partial charge in [0.25, 0.3) is 17.7 Å². The molecule has 0 atom stereocenters. The molecule has 0 spiro atoms. The van der Waals surface area contributed by atoms with Gasteiger partial charge in [0.2, 0.25) is 5.91 Å². The van der Waals surface area contributed by atoms with Gasteiger partial charge in [0.05, 0.1) is 16.9 Å². The highest BCUT2D eigenvalue weighted by Gasteiger charge is 2.34. The first kappa shape index (κ1) is 20.6. The van der Waals surface area contributed by atoms with Crippen molar-refractivity contribution in [3.63, 3.8) is 0 Å². The van der Waals surface area contributed by atoms with Crippen LogP contribution in [0.2, 0.25) is 0 Å². The lowest BCUT2D eigenvalue weighted by Crippen LogP contribution is -2.32. The molecular weight excluding hydrogens is 390 g/mol. The minimum absolute atomic E-state index is 0.105. The minimum atomic E-state index is -0.289. The monoisotopic (exact) mass is 411 g/mol. The Bertz CT molecular complexity index is 922. The molecule has 0 saturated heterocycles. The lowest BCUT2D eigenvalue weighted by molar-refractivity contribution is -0.113. The number of carbonyl (C=O) groups is 4. The van der Waals surface area contributed by atoms with Crippen LogP contribution in [0.3, 0.4) is 0 Å². The van der Waals surface area contributed by atoms with Gasteiger partial charge >= 0.3 is 0 Å². The Morgan fingerprint density at radius 1 is 0.966 bits per heavy atom. The van der Waals surface area contributed by atoms with Crippen molar-refractivity contribution < 1.29 is 19.2 Å². The number of hydrogen-bond acceptors (Lipinski definition) is 5. The van der Waals surface area contributed by atoms with E-state index in [4.69, 9.17) is 0 Å². The quantitative estimate of drug-likeness (QED) is 0.558. The second kappa shape index (κ2) is 8.91. The van der Waals surface area contributed by atoms with Crippen molar-refractivity contribution in [2.45, 2.75) is 0 Å². The van der Waals surface area contributed by atoms with Crippen LogP contribution in [0, 0.1) is 0 Å². The Labute approximate surface area is 173 Å². The summed E-state index contributed by atoms with van der Waals surface area (Å²) in [5.74, 6) is -0.210. The molecule has 7 nitrogen and oxygen atoms in total. The largest absolute Gasteiger partial charge is 0.345 e. The number of benzene rings is 2. The van der Waals surface area contributed by atoms with Crippen LogP contribution >= 0.6 is 11.8 Å². The molecule has 1 aliphatic rings. The Hall–Kier alpha value is -3.13. The third-order valence-electron chi connectivity index (χ3n) is 4.39. The Morgan fingerprint density at radius 2 is 1.55 bits per heavy atom. The van der Waals surface area contributed by atoms with Crippen molar-refractivity contribution in [1.82, 2.24) is 9.80 Å². The van der Waals surface area contributed by atoms with Gasteiger partial charge in [-0.3, -0.25) is 24.1 Å². The van der Waals surface area contributed by atoms with Crippen molar-refractivity contribution in [3.8, 4) is 0 Å². The predicted octanol–water partition coefficient (Wildman–Crippen LogP) is 2.36. The molecule has 1 aliphatic heterocycles. The maximum Gasteiger partial charge on any atom is 0.261 e. The molecule has 29 heavy (non-hydrogen) atoms. The van der Waals surface area contributed by atoms with Gasteiger partial charge < -0.3 is 10.2 Å². The van der Waals surface area contributed by atoms with Crippen LogP contribution in [-0.4, -0.2) is 65.6 Å². The lowest BCUT2D eigenvalue weighted by Gasteiger charge is -2.13. The summed E-state index contributed by atoms with van der Waals surface area (Å²) in [5.41, 5.74) is 2.00. The average molecular weight is 411 g/mol. The topological polar surface area (TPSA) is 86.8 Å². The van der Waals surface area contributed by atoms with E-state index in [9.17, 15) is 19.2 Å². The summed E-state index contributed by atoms with van der Waals surface area (Å²) in [6.07, 6.45) is 0. The lowest BCUT2D eigenvalue weighted by atomic mass is 10.1. The first-order valence-electron chi connectivity index (χ1n) is 9.03. The molecule has 1 N–H and O–H groups in total. The first-order valence-corrected chi connectivity index (χ1v) is 10.2. The number of anilines is 1. The first-order chi connectivity index (χ1) is 13.9. The number of thioether (sulfide) groups is 1. The maximum atomic E-state index is 12.3. The Balaban J connectivity index is 1.43. The van der Waals surface area contributed by atoms with Crippen LogP contribution in [0.4, 0.5) is 5.69 Å². The number of nitrogens with zero attached hydrogens (tertiary/aromatic N) is 2. The summed E-state index contributed by atoms with van der Waals surface area (Å²) in [5, 5.41) is 2.77. The predicted molar refractivity (Wildman–Crippen MR) is 112 cm³/mol. The number of carbonyl (C=O) groups excluding carboxylic acids is 4. The highest BCUT2D eigenvalue weighted by molar-refractivity contribution is 7.99. The van der Waals surface area contributed by atoms with E-state index in [0.29, 0.717) is 28.1 Å². The van der Waals surface area contributed by atoms with E-state index >= 15 is 0 Å². The van der Waals surface area contributed by atoms with E-state index < -0.39 is 0 Å². The molecule has 0 saturated carbocycles. The van der Waals surface area contributed by atoms with Crippen molar-refractivity contribution in [1.29, 1.82) is 0 Å². The van der Waals surface area contributed by atoms with Crippen LogP contribution < -0.4 is 5.32 Å². The van der Waals surface area contributed by atoms with Crippen LogP contribution in [-0.2, 0) is 4.79 Å². The highest BCUT2D eigenvalue weighted by atomic mass is 32.2. The second-order valence-electron chi connectivity index (χ2n) is 6.69. The molecule has 8 heteroatoms. The molecule has 3 rings (SSSR count). The van der Waals surface area contributed by atoms with E-state index in [1.165, 1.54) is 21.6 Å². The molecule has 0 aliphatic carbocycles. The average Bonchev–Trinajstić information content (AvgIpc) is 2.96. The number of imide groups is 1. The third kappa shape index (κ3) is 4.65. The standard InChI is InChI=1S/C21H21N3O4S/c1-23(2)19(26)14-7-9-15(10-8-14)22-18(25)13-29-12-11-24-20(27)16-5-3-4-6-17(16)21(24)28/h3-10H,11-13H2,1-2H3,(H,22,25). The van der Waals surface area contributed by atoms with E-state index in [1.54, 1.807) is 62.6 Å². The van der Waals surface area contributed by atoms with Crippen molar-refractivity contribution in [3.05, 3.63) is 65.2 Å². The summed E-state index contributed by atoms with van der Waals surface area (Å²) in [4.78, 5) is 51.2. The molecule has 1 heterocycles. The molecule has 0 bridgehead atoms. The normalized spacial score (nSPS) is 12.7. The molecule has 0 aromatic heterocycles. The van der Waals surface area contributed by atoms with Gasteiger partial charge in [0.1, 0.15) is 0 Å². The van der Waals surface area contributed by atoms with Gasteiger partial charge in [-0.1, -0.05) is 12.1 Å². The fourth-order valence-corrected chi connectivity index (χ4v) is 3.63. The van der Waals surface area contributed by atoms with Gasteiger partial charge in [0.15, 0.2) is 0 Å². The van der Waals surface area contributed by atoms with Crippen molar-refractivity contribution in [2.24, 2.45) is 0 Å². The number of rotatable bonds is 7. The zero-order valence-electron chi connectivity index (χ0n) is 16.2. The van der Waals surface area contributed by atoms with Crippen molar-refractivity contribution in [2.75, 3.05) is 37.5 Å². The minimum Gasteiger partial charge on any atom is -0.345 e. The number of amides is 4. The van der Waals surface area contributed by atoms with Crippen LogP contribution in [0.25, 0.3) is 0 Å². The van der Waals surface area contributed by atoms with Crippen LogP contribution in [0.1, 0.15) is 31.1 Å². The summed E-state index contributed by atoms with van der Waals surface area (Å²) >= 11 is 1.34. The SMILES string of the molecule is CN(C)C(=O)c1ccc(NC(=O)CSCCN2C(=O)c3ccccc3C2=O)cc1. The van der Waals surface area contributed by atoms with Crippen LogP contribution in [0.15, 0.2) is 48.5 Å². The van der Waals surface area contributed by atoms with E-state index in [0.717, 1.165) is 0 Å². The zero-order valence-corrected chi connectivity index (χ0v) is 17.0. The zero-order chi connectivity index (χ0) is 21.0. The number of nitrogens with one attached hydrogen (secondary N) is 1. The van der Waals surface area contributed by atoms with Gasteiger partial charge in [-0.25, -0.2) is 0 Å². The van der Waals surface area contributed by atoms with E-state index in [2.05, 4.69) is 5.32 Å².